The Bertz CT molecular complexity index is 1320. The van der Waals surface area contributed by atoms with Crippen LogP contribution >= 0.6 is 0 Å². The Balaban J connectivity index is 2.02. The molecule has 1 heterocycles. The fourth-order valence-electron chi connectivity index (χ4n) is 4.14. The number of fused-ring (bicyclic) bond motifs is 1. The molecule has 8 heteroatoms. The third-order valence-electron chi connectivity index (χ3n) is 5.53. The van der Waals surface area contributed by atoms with Crippen molar-refractivity contribution in [2.24, 2.45) is 0 Å². The number of hydrogen-bond donors (Lipinski definition) is 0. The number of carbonyl (C=O) groups is 2. The molecule has 0 saturated carbocycles. The number of rotatable bonds is 5. The lowest BCUT2D eigenvalue weighted by Gasteiger charge is -2.28. The predicted molar refractivity (Wildman–Crippen MR) is 127 cm³/mol. The van der Waals surface area contributed by atoms with E-state index in [1.165, 1.54) is 17.3 Å². The van der Waals surface area contributed by atoms with Crippen molar-refractivity contribution in [1.29, 1.82) is 0 Å². The van der Waals surface area contributed by atoms with E-state index < -0.39 is 22.0 Å². The van der Waals surface area contributed by atoms with Crippen molar-refractivity contribution in [2.75, 3.05) is 23.2 Å². The van der Waals surface area contributed by atoms with Gasteiger partial charge in [-0.3, -0.25) is 9.10 Å². The molecule has 0 spiro atoms. The number of hydrogen-bond acceptors (Lipinski definition) is 6. The van der Waals surface area contributed by atoms with E-state index in [4.69, 9.17) is 9.47 Å². The molecule has 0 bridgehead atoms. The molecule has 4 rings (SSSR count). The Morgan fingerprint density at radius 1 is 1.00 bits per heavy atom. The van der Waals surface area contributed by atoms with Gasteiger partial charge >= 0.3 is 11.9 Å². The number of esters is 2. The number of nitrogens with zero attached hydrogens (tertiary/aromatic N) is 1. The van der Waals surface area contributed by atoms with Gasteiger partial charge in [0.25, 0.3) is 0 Å². The van der Waals surface area contributed by atoms with Crippen molar-refractivity contribution in [3.8, 4) is 16.9 Å². The fourth-order valence-corrected chi connectivity index (χ4v) is 5.77. The zero-order chi connectivity index (χ0) is 23.6. The molecule has 3 aromatic carbocycles. The molecule has 1 saturated heterocycles. The third-order valence-corrected chi connectivity index (χ3v) is 7.40. The van der Waals surface area contributed by atoms with Crippen LogP contribution in [0, 0.1) is 0 Å². The van der Waals surface area contributed by atoms with Gasteiger partial charge in [0.15, 0.2) is 0 Å². The summed E-state index contributed by atoms with van der Waals surface area (Å²) in [6.45, 7) is 3.59. The van der Waals surface area contributed by atoms with Crippen LogP contribution in [0.2, 0.25) is 0 Å². The summed E-state index contributed by atoms with van der Waals surface area (Å²) in [6.07, 6.45) is 1.40. The largest absolute Gasteiger partial charge is 0.462 e. The summed E-state index contributed by atoms with van der Waals surface area (Å²) in [5.74, 6) is -0.806. The van der Waals surface area contributed by atoms with Gasteiger partial charge in [-0.2, -0.15) is 0 Å². The number of ether oxygens (including phenoxy) is 2. The van der Waals surface area contributed by atoms with Crippen LogP contribution in [0.5, 0.6) is 5.75 Å². The van der Waals surface area contributed by atoms with E-state index in [-0.39, 0.29) is 23.7 Å². The fraction of sp³-hybridized carbons (Fsp3) is 0.280. The lowest BCUT2D eigenvalue weighted by atomic mass is 9.92. The molecule has 0 aromatic heterocycles. The van der Waals surface area contributed by atoms with E-state index in [9.17, 15) is 18.0 Å². The summed E-state index contributed by atoms with van der Waals surface area (Å²) in [5, 5.41) is 1.19. The van der Waals surface area contributed by atoms with Crippen molar-refractivity contribution in [3.63, 3.8) is 0 Å². The van der Waals surface area contributed by atoms with Gasteiger partial charge in [-0.1, -0.05) is 36.4 Å². The van der Waals surface area contributed by atoms with Gasteiger partial charge in [0.05, 0.1) is 23.6 Å². The Morgan fingerprint density at radius 3 is 2.42 bits per heavy atom. The van der Waals surface area contributed by atoms with Crippen LogP contribution in [0.15, 0.2) is 54.6 Å². The molecule has 0 radical (unpaired) electrons. The molecule has 0 unspecified atom stereocenters. The normalized spacial score (nSPS) is 15.3. The molecule has 1 aliphatic rings. The van der Waals surface area contributed by atoms with Crippen LogP contribution in [0.4, 0.5) is 5.69 Å². The highest BCUT2D eigenvalue weighted by atomic mass is 32.2. The van der Waals surface area contributed by atoms with E-state index in [0.717, 1.165) is 12.0 Å². The van der Waals surface area contributed by atoms with Crippen LogP contribution in [0.3, 0.4) is 0 Å². The summed E-state index contributed by atoms with van der Waals surface area (Å²) in [4.78, 5) is 24.7. The SMILES string of the molecule is CCOC(=O)c1cc(OC(C)=O)c2cc(N3CCCCS3(=O)=O)ccc2c1-c1ccccc1. The molecule has 0 atom stereocenters. The summed E-state index contributed by atoms with van der Waals surface area (Å²) in [7, 11) is -3.42. The average Bonchev–Trinajstić information content (AvgIpc) is 2.79. The molecular weight excluding hydrogens is 442 g/mol. The molecular formula is C25H25NO6S. The minimum absolute atomic E-state index is 0.0961. The van der Waals surface area contributed by atoms with Crippen LogP contribution in [0.1, 0.15) is 37.0 Å². The van der Waals surface area contributed by atoms with E-state index in [1.807, 2.05) is 30.3 Å². The smallest absolute Gasteiger partial charge is 0.338 e. The Hall–Kier alpha value is -3.39. The molecule has 3 aromatic rings. The Labute approximate surface area is 193 Å². The van der Waals surface area contributed by atoms with Crippen molar-refractivity contribution in [2.45, 2.75) is 26.7 Å². The first kappa shape index (κ1) is 22.8. The standard InChI is InChI=1S/C25H25NO6S/c1-3-31-25(28)22-16-23(32-17(2)27)21-15-19(26-13-7-8-14-33(26,29)30)11-12-20(21)24(22)18-9-5-4-6-10-18/h4-6,9-12,15-16H,3,7-8,13-14H2,1-2H3. The van der Waals surface area contributed by atoms with E-state index in [1.54, 1.807) is 25.1 Å². The van der Waals surface area contributed by atoms with Gasteiger partial charge < -0.3 is 9.47 Å². The van der Waals surface area contributed by atoms with Gasteiger partial charge in [0.1, 0.15) is 5.75 Å². The molecule has 33 heavy (non-hydrogen) atoms. The van der Waals surface area contributed by atoms with Gasteiger partial charge in [-0.15, -0.1) is 0 Å². The highest BCUT2D eigenvalue weighted by molar-refractivity contribution is 7.92. The second-order valence-corrected chi connectivity index (χ2v) is 9.82. The molecule has 1 fully saturated rings. The second-order valence-electron chi connectivity index (χ2n) is 7.80. The molecule has 0 aliphatic carbocycles. The quantitative estimate of drug-likeness (QED) is 0.404. The summed E-state index contributed by atoms with van der Waals surface area (Å²) < 4.78 is 37.5. The predicted octanol–water partition coefficient (Wildman–Crippen LogP) is 4.54. The van der Waals surface area contributed by atoms with Crippen molar-refractivity contribution in [3.05, 3.63) is 60.2 Å². The Morgan fingerprint density at radius 2 is 1.76 bits per heavy atom. The molecule has 0 N–H and O–H groups in total. The highest BCUT2D eigenvalue weighted by Gasteiger charge is 2.28. The van der Waals surface area contributed by atoms with Gasteiger partial charge in [-0.25, -0.2) is 13.2 Å². The monoisotopic (exact) mass is 467 g/mol. The number of carbonyl (C=O) groups excluding carboxylic acids is 2. The van der Waals surface area contributed by atoms with E-state index in [0.29, 0.717) is 35.0 Å². The zero-order valence-corrected chi connectivity index (χ0v) is 19.4. The van der Waals surface area contributed by atoms with Crippen molar-refractivity contribution >= 4 is 38.4 Å². The van der Waals surface area contributed by atoms with Gasteiger partial charge in [0.2, 0.25) is 10.0 Å². The minimum atomic E-state index is -3.42. The molecule has 7 nitrogen and oxygen atoms in total. The van der Waals surface area contributed by atoms with Crippen LogP contribution in [-0.4, -0.2) is 39.3 Å². The summed E-state index contributed by atoms with van der Waals surface area (Å²) in [6, 6.07) is 16.1. The first-order valence-corrected chi connectivity index (χ1v) is 12.4. The van der Waals surface area contributed by atoms with Crippen molar-refractivity contribution < 1.29 is 27.5 Å². The first-order valence-electron chi connectivity index (χ1n) is 10.8. The number of sulfonamides is 1. The average molecular weight is 468 g/mol. The minimum Gasteiger partial charge on any atom is -0.462 e. The number of benzene rings is 3. The van der Waals surface area contributed by atoms with Gasteiger partial charge in [-0.05, 0) is 48.9 Å². The maximum Gasteiger partial charge on any atom is 0.338 e. The summed E-state index contributed by atoms with van der Waals surface area (Å²) in [5.41, 5.74) is 2.19. The Kier molecular flexibility index (Phi) is 6.37. The number of anilines is 1. The van der Waals surface area contributed by atoms with Crippen molar-refractivity contribution in [1.82, 2.24) is 0 Å². The molecule has 1 aliphatic heterocycles. The van der Waals surface area contributed by atoms with Crippen LogP contribution in [0.25, 0.3) is 21.9 Å². The van der Waals surface area contributed by atoms with E-state index >= 15 is 0 Å². The third kappa shape index (κ3) is 4.57. The lowest BCUT2D eigenvalue weighted by molar-refractivity contribution is -0.131. The maximum atomic E-state index is 12.9. The topological polar surface area (TPSA) is 90.0 Å². The van der Waals surface area contributed by atoms with Crippen LogP contribution < -0.4 is 9.04 Å². The molecule has 172 valence electrons. The van der Waals surface area contributed by atoms with E-state index in [2.05, 4.69) is 0 Å². The zero-order valence-electron chi connectivity index (χ0n) is 18.5. The molecule has 0 amide bonds. The van der Waals surface area contributed by atoms with Crippen LogP contribution in [-0.2, 0) is 19.6 Å². The summed E-state index contributed by atoms with van der Waals surface area (Å²) >= 11 is 0. The highest BCUT2D eigenvalue weighted by Crippen LogP contribution is 2.40. The maximum absolute atomic E-state index is 12.9. The second kappa shape index (κ2) is 9.23. The van der Waals surface area contributed by atoms with Gasteiger partial charge in [0, 0.05) is 24.4 Å². The lowest BCUT2D eigenvalue weighted by Crippen LogP contribution is -2.37. The first-order chi connectivity index (χ1) is 15.8.